The van der Waals surface area contributed by atoms with Gasteiger partial charge < -0.3 is 0 Å². The highest BCUT2D eigenvalue weighted by Gasteiger charge is 2.02. The lowest BCUT2D eigenvalue weighted by Gasteiger charge is -1.95. The van der Waals surface area contributed by atoms with E-state index in [-0.39, 0.29) is 0 Å². The van der Waals surface area contributed by atoms with Gasteiger partial charge in [-0.2, -0.15) is 0 Å². The summed E-state index contributed by atoms with van der Waals surface area (Å²) in [7, 11) is 0. The Kier molecular flexibility index (Phi) is 2.35. The second-order valence-electron chi connectivity index (χ2n) is 2.73. The number of hydrogen-bond acceptors (Lipinski definition) is 2. The summed E-state index contributed by atoms with van der Waals surface area (Å²) in [6.45, 7) is 2.15. The van der Waals surface area contributed by atoms with Gasteiger partial charge in [0.1, 0.15) is 0 Å². The number of halogens is 1. The van der Waals surface area contributed by atoms with E-state index < -0.39 is 0 Å². The van der Waals surface area contributed by atoms with E-state index in [2.05, 4.69) is 60.3 Å². The van der Waals surface area contributed by atoms with Crippen LogP contribution in [0.1, 0.15) is 5.56 Å². The molecule has 2 rings (SSSR count). The Bertz CT molecular complexity index is 431. The predicted molar refractivity (Wildman–Crippen MR) is 66.5 cm³/mol. The summed E-state index contributed by atoms with van der Waals surface area (Å²) >= 11 is 8.43. The Labute approximate surface area is 94.5 Å². The maximum Gasteiger partial charge on any atom is 0.0580 e. The van der Waals surface area contributed by atoms with Crippen LogP contribution in [0, 0.1) is 10.5 Å². The molecule has 0 unspecified atom stereocenters. The van der Waals surface area contributed by atoms with Crippen LogP contribution >= 0.6 is 46.6 Å². The van der Waals surface area contributed by atoms with Crippen LogP contribution < -0.4 is 0 Å². The fourth-order valence-electron chi connectivity index (χ4n) is 1.27. The average Bonchev–Trinajstić information content (AvgIpc) is 2.29. The zero-order valence-electron chi connectivity index (χ0n) is 6.47. The van der Waals surface area contributed by atoms with E-state index >= 15 is 0 Å². The van der Waals surface area contributed by atoms with Gasteiger partial charge in [-0.1, -0.05) is 0 Å². The molecule has 0 fully saturated rings. The lowest BCUT2D eigenvalue weighted by atomic mass is 10.2. The van der Waals surface area contributed by atoms with Crippen LogP contribution in [0.4, 0.5) is 0 Å². The molecule has 0 amide bonds. The zero-order chi connectivity index (χ0) is 8.72. The summed E-state index contributed by atoms with van der Waals surface area (Å²) in [6.07, 6.45) is 0. The van der Waals surface area contributed by atoms with Crippen molar-refractivity contribution in [1.29, 1.82) is 0 Å². The monoisotopic (exact) mass is 306 g/mol. The van der Waals surface area contributed by atoms with Crippen LogP contribution in [0.3, 0.4) is 0 Å². The van der Waals surface area contributed by atoms with Gasteiger partial charge in [-0.05, 0) is 58.7 Å². The van der Waals surface area contributed by atoms with Gasteiger partial charge in [-0.15, -0.1) is 24.0 Å². The molecule has 1 aromatic carbocycles. The summed E-state index contributed by atoms with van der Waals surface area (Å²) in [5, 5.41) is 1.31. The Morgan fingerprint density at radius 2 is 2.08 bits per heavy atom. The molecule has 0 saturated carbocycles. The number of rotatable bonds is 0. The Balaban J connectivity index is 2.88. The quantitative estimate of drug-likeness (QED) is 0.550. The molecule has 0 aliphatic rings. The van der Waals surface area contributed by atoms with E-state index in [0.29, 0.717) is 0 Å². The maximum absolute atomic E-state index is 4.34. The first-order chi connectivity index (χ1) is 5.66. The van der Waals surface area contributed by atoms with E-state index in [4.69, 9.17) is 0 Å². The standard InChI is InChI=1S/C9H7IS2/c1-5-2-7(10)3-6-4-8(11)12-9(5)6/h2-4,11H,1H3. The number of thiol groups is 1. The topological polar surface area (TPSA) is 0 Å². The molecule has 0 N–H and O–H groups in total. The molecule has 1 heterocycles. The fraction of sp³-hybridized carbons (Fsp3) is 0.111. The van der Waals surface area contributed by atoms with Crippen molar-refractivity contribution in [2.24, 2.45) is 0 Å². The molecule has 0 saturated heterocycles. The molecule has 1 aromatic heterocycles. The maximum atomic E-state index is 4.34. The molecule has 0 radical (unpaired) electrons. The summed E-state index contributed by atoms with van der Waals surface area (Å²) in [5.74, 6) is 0. The van der Waals surface area contributed by atoms with Gasteiger partial charge in [0.2, 0.25) is 0 Å². The highest BCUT2D eigenvalue weighted by atomic mass is 127. The third-order valence-corrected chi connectivity index (χ3v) is 3.87. The molecule has 2 aromatic rings. The van der Waals surface area contributed by atoms with Gasteiger partial charge in [0, 0.05) is 8.27 Å². The molecular formula is C9H7IS2. The van der Waals surface area contributed by atoms with Crippen LogP contribution in [0.5, 0.6) is 0 Å². The minimum atomic E-state index is 1.09. The van der Waals surface area contributed by atoms with E-state index in [9.17, 15) is 0 Å². The molecular weight excluding hydrogens is 299 g/mol. The third-order valence-electron chi connectivity index (χ3n) is 1.75. The first kappa shape index (κ1) is 8.84. The van der Waals surface area contributed by atoms with Crippen LogP contribution in [0.15, 0.2) is 22.4 Å². The van der Waals surface area contributed by atoms with E-state index in [1.165, 1.54) is 19.2 Å². The van der Waals surface area contributed by atoms with Crippen molar-refractivity contribution in [3.8, 4) is 0 Å². The van der Waals surface area contributed by atoms with Crippen molar-refractivity contribution < 1.29 is 0 Å². The number of fused-ring (bicyclic) bond motifs is 1. The van der Waals surface area contributed by atoms with Gasteiger partial charge in [0.25, 0.3) is 0 Å². The van der Waals surface area contributed by atoms with Gasteiger partial charge in [-0.25, -0.2) is 0 Å². The van der Waals surface area contributed by atoms with Crippen molar-refractivity contribution in [2.75, 3.05) is 0 Å². The molecule has 3 heteroatoms. The smallest absolute Gasteiger partial charge is 0.0580 e. The van der Waals surface area contributed by atoms with Crippen LogP contribution in [-0.4, -0.2) is 0 Å². The zero-order valence-corrected chi connectivity index (χ0v) is 10.3. The number of benzene rings is 1. The summed E-state index contributed by atoms with van der Waals surface area (Å²) in [4.78, 5) is 0. The molecule has 0 bridgehead atoms. The number of hydrogen-bond donors (Lipinski definition) is 1. The Morgan fingerprint density at radius 3 is 2.83 bits per heavy atom. The Morgan fingerprint density at radius 1 is 1.33 bits per heavy atom. The molecule has 0 nitrogen and oxygen atoms in total. The Hall–Kier alpha value is 0.260. The van der Waals surface area contributed by atoms with Crippen molar-refractivity contribution >= 4 is 56.6 Å². The highest BCUT2D eigenvalue weighted by molar-refractivity contribution is 14.1. The SMILES string of the molecule is Cc1cc(I)cc2cc(S)sc12. The first-order valence-corrected chi connectivity index (χ1v) is 5.90. The third kappa shape index (κ3) is 1.49. The minimum absolute atomic E-state index is 1.09. The first-order valence-electron chi connectivity index (χ1n) is 3.55. The van der Waals surface area contributed by atoms with Crippen molar-refractivity contribution in [2.45, 2.75) is 11.1 Å². The molecule has 0 atom stereocenters. The van der Waals surface area contributed by atoms with Gasteiger partial charge >= 0.3 is 0 Å². The van der Waals surface area contributed by atoms with Crippen molar-refractivity contribution in [1.82, 2.24) is 0 Å². The van der Waals surface area contributed by atoms with Crippen LogP contribution in [0.25, 0.3) is 10.1 Å². The fourth-order valence-corrected chi connectivity index (χ4v) is 3.34. The van der Waals surface area contributed by atoms with Crippen LogP contribution in [-0.2, 0) is 0 Å². The normalized spacial score (nSPS) is 10.9. The highest BCUT2D eigenvalue weighted by Crippen LogP contribution is 2.31. The molecule has 0 spiro atoms. The summed E-state index contributed by atoms with van der Waals surface area (Å²) < 4.78 is 3.75. The van der Waals surface area contributed by atoms with Gasteiger partial charge in [0.15, 0.2) is 0 Å². The van der Waals surface area contributed by atoms with Gasteiger partial charge in [-0.3, -0.25) is 0 Å². The second kappa shape index (κ2) is 3.20. The lowest BCUT2D eigenvalue weighted by Crippen LogP contribution is -1.74. The average molecular weight is 306 g/mol. The second-order valence-corrected chi connectivity index (χ2v) is 5.81. The number of thiophene rings is 1. The van der Waals surface area contributed by atoms with Gasteiger partial charge in [0.05, 0.1) is 4.21 Å². The van der Waals surface area contributed by atoms with E-state index in [0.717, 1.165) is 4.21 Å². The molecule has 0 aliphatic heterocycles. The lowest BCUT2D eigenvalue weighted by molar-refractivity contribution is 1.53. The van der Waals surface area contributed by atoms with E-state index in [1.54, 1.807) is 11.3 Å². The molecule has 62 valence electrons. The van der Waals surface area contributed by atoms with Crippen LogP contribution in [0.2, 0.25) is 0 Å². The molecule has 0 aliphatic carbocycles. The van der Waals surface area contributed by atoms with E-state index in [1.807, 2.05) is 0 Å². The van der Waals surface area contributed by atoms with Crippen molar-refractivity contribution in [3.05, 3.63) is 27.3 Å². The number of aryl methyl sites for hydroxylation is 1. The molecule has 12 heavy (non-hydrogen) atoms. The largest absolute Gasteiger partial charge is 0.133 e. The summed E-state index contributed by atoms with van der Waals surface area (Å²) in [6, 6.07) is 6.52. The van der Waals surface area contributed by atoms with Crippen molar-refractivity contribution in [3.63, 3.8) is 0 Å². The minimum Gasteiger partial charge on any atom is -0.133 e. The predicted octanol–water partition coefficient (Wildman–Crippen LogP) is 4.10. The summed E-state index contributed by atoms with van der Waals surface area (Å²) in [5.41, 5.74) is 1.35.